The normalized spacial score (nSPS) is 37.2. The fourth-order valence-corrected chi connectivity index (χ4v) is 13.7. The van der Waals surface area contributed by atoms with Crippen LogP contribution in [-0.4, -0.2) is 78.5 Å². The average molecular weight is 766 g/mol. The lowest BCUT2D eigenvalue weighted by Crippen LogP contribution is -2.67. The van der Waals surface area contributed by atoms with E-state index in [2.05, 4.69) is 44.2 Å². The first kappa shape index (κ1) is 37.1. The van der Waals surface area contributed by atoms with Crippen molar-refractivity contribution in [3.05, 3.63) is 82.8 Å². The van der Waals surface area contributed by atoms with Gasteiger partial charge in [0.05, 0.1) is 49.9 Å². The first-order valence-electron chi connectivity index (χ1n) is 20.4. The molecule has 2 aromatic carbocycles. The number of rotatable bonds is 10. The molecule has 0 radical (unpaired) electrons. The monoisotopic (exact) mass is 765 g/mol. The Hall–Kier alpha value is -3.50. The Morgan fingerprint density at radius 1 is 0.927 bits per heavy atom. The van der Waals surface area contributed by atoms with Gasteiger partial charge < -0.3 is 29.3 Å². The highest BCUT2D eigenvalue weighted by Crippen LogP contribution is 2.78. The molecule has 6 aliphatic carbocycles. The number of thiophene rings is 1. The number of carbonyl (C=O) groups excluding carboxylic acids is 2. The van der Waals surface area contributed by atoms with E-state index in [1.807, 2.05) is 41.3 Å². The Labute approximate surface area is 328 Å². The number of fused-ring (bicyclic) bond motifs is 2. The van der Waals surface area contributed by atoms with Gasteiger partial charge in [0.2, 0.25) is 5.91 Å². The zero-order valence-electron chi connectivity index (χ0n) is 32.6. The lowest BCUT2D eigenvalue weighted by molar-refractivity contribution is -0.179. The lowest BCUT2D eigenvalue weighted by Gasteiger charge is -2.71. The Balaban J connectivity index is 1.09. The minimum atomic E-state index is -1.17. The average Bonchev–Trinajstić information content (AvgIpc) is 3.92. The van der Waals surface area contributed by atoms with E-state index >= 15 is 4.79 Å². The number of ether oxygens (including phenoxy) is 3. The number of aliphatic hydroxyl groups is 2. The molecule has 10 rings (SSSR count). The van der Waals surface area contributed by atoms with E-state index in [4.69, 9.17) is 14.2 Å². The van der Waals surface area contributed by atoms with Crippen molar-refractivity contribution in [3.63, 3.8) is 0 Å². The summed E-state index contributed by atoms with van der Waals surface area (Å²) < 4.78 is 18.2. The van der Waals surface area contributed by atoms with Crippen LogP contribution in [-0.2, 0) is 16.0 Å². The van der Waals surface area contributed by atoms with Crippen molar-refractivity contribution in [2.75, 3.05) is 33.9 Å². The molecular formula is C46H55NO7S. The van der Waals surface area contributed by atoms with Gasteiger partial charge in [-0.1, -0.05) is 56.3 Å². The summed E-state index contributed by atoms with van der Waals surface area (Å²) in [6.07, 6.45) is 13.8. The van der Waals surface area contributed by atoms with E-state index in [0.717, 1.165) is 71.0 Å². The molecule has 1 unspecified atom stereocenters. The summed E-state index contributed by atoms with van der Waals surface area (Å²) in [6, 6.07) is 15.8. The third-order valence-corrected chi connectivity index (χ3v) is 16.8. The summed E-state index contributed by atoms with van der Waals surface area (Å²) in [5.74, 6) is 1.42. The second-order valence-corrected chi connectivity index (χ2v) is 19.1. The zero-order valence-corrected chi connectivity index (χ0v) is 33.5. The number of ketones is 1. The smallest absolute Gasteiger partial charge is 0.227 e. The highest BCUT2D eigenvalue weighted by Gasteiger charge is 2.74. The fourth-order valence-electron chi connectivity index (χ4n) is 12.7. The number of methoxy groups -OCH3 is 2. The molecule has 7 aliphatic rings. The van der Waals surface area contributed by atoms with Crippen LogP contribution >= 0.6 is 11.3 Å². The van der Waals surface area contributed by atoms with Crippen molar-refractivity contribution in [3.8, 4) is 11.5 Å². The number of allylic oxidation sites excluding steroid dienone is 4. The van der Waals surface area contributed by atoms with Crippen LogP contribution in [0.2, 0.25) is 0 Å². The molecular weight excluding hydrogens is 711 g/mol. The summed E-state index contributed by atoms with van der Waals surface area (Å²) in [6.45, 7) is 5.99. The van der Waals surface area contributed by atoms with Crippen LogP contribution in [0.15, 0.2) is 72.3 Å². The summed E-state index contributed by atoms with van der Waals surface area (Å²) >= 11 is 1.56. The topological polar surface area (TPSA) is 106 Å². The lowest BCUT2D eigenvalue weighted by atomic mass is 9.32. The molecule has 55 heavy (non-hydrogen) atoms. The van der Waals surface area contributed by atoms with Crippen molar-refractivity contribution in [1.82, 2.24) is 4.90 Å². The third kappa shape index (κ3) is 5.46. The first-order valence-corrected chi connectivity index (χ1v) is 21.2. The Morgan fingerprint density at radius 2 is 1.69 bits per heavy atom. The second-order valence-electron chi connectivity index (χ2n) is 18.1. The van der Waals surface area contributed by atoms with Gasteiger partial charge >= 0.3 is 0 Å². The van der Waals surface area contributed by atoms with E-state index in [1.165, 1.54) is 0 Å². The van der Waals surface area contributed by atoms with E-state index in [9.17, 15) is 15.0 Å². The molecule has 9 heteroatoms. The third-order valence-electron chi connectivity index (χ3n) is 15.7. The number of nitrogens with zero attached hydrogens (tertiary/aromatic N) is 1. The van der Waals surface area contributed by atoms with Crippen LogP contribution in [0.25, 0.3) is 10.1 Å². The Kier molecular flexibility index (Phi) is 8.96. The number of aliphatic hydroxyl groups excluding tert-OH is 1. The maximum absolute atomic E-state index is 15.1. The molecule has 2 spiro atoms. The zero-order chi connectivity index (χ0) is 38.4. The minimum absolute atomic E-state index is 0.00270. The van der Waals surface area contributed by atoms with Crippen molar-refractivity contribution in [1.29, 1.82) is 0 Å². The van der Waals surface area contributed by atoms with Gasteiger partial charge in [-0.2, -0.15) is 0 Å². The number of Topliss-reactive ketones (excluding diaryl/α,β-unsaturated/α-hetero) is 1. The van der Waals surface area contributed by atoms with E-state index in [-0.39, 0.29) is 48.0 Å². The number of hydrogen-bond acceptors (Lipinski definition) is 8. The van der Waals surface area contributed by atoms with E-state index in [0.29, 0.717) is 37.5 Å². The standard InChI is InChI=1S/C46H55NO7S/c1-42-16-13-31(48)25-44(42)19-20-46(33(26-44)41(50)37-24-30-8-5-6-10-36(30)55-37)38(42)14-17-43(2)39(46)15-18-45(43,51)28-47(27-32-9-7-21-54-32)40(49)23-29-11-12-34(52-3)35(22-29)53-4/h5-6,8,10-12,19-20,22,24,26,31-32,38-39,48,51H,7,9,13-18,21,23,25,27-28H2,1-4H3/t31?,32-,38-,39-,42-,43+,44+,45-,46-/m1/s1. The first-order chi connectivity index (χ1) is 26.4. The Morgan fingerprint density at radius 3 is 2.45 bits per heavy atom. The highest BCUT2D eigenvalue weighted by molar-refractivity contribution is 7.21. The van der Waals surface area contributed by atoms with Gasteiger partial charge in [-0.25, -0.2) is 0 Å². The minimum Gasteiger partial charge on any atom is -0.493 e. The molecule has 9 atom stereocenters. The van der Waals surface area contributed by atoms with Crippen molar-refractivity contribution < 1.29 is 34.0 Å². The molecule has 3 aromatic rings. The van der Waals surface area contributed by atoms with Gasteiger partial charge in [0.15, 0.2) is 17.3 Å². The SMILES string of the molecule is COc1ccc(CC(=O)N(C[C@H]2CCCO2)C[C@]2(O)CC[C@H]3[C@]45C=C[C@@]6(C=C4C(=O)c4cc7ccccc7s4)CC(O)CC[C@]6(C)[C@H]5CC[C@@]32C)cc1OC. The van der Waals surface area contributed by atoms with E-state index in [1.54, 1.807) is 25.6 Å². The maximum atomic E-state index is 15.1. The molecule has 1 saturated heterocycles. The molecule has 4 fully saturated rings. The van der Waals surface area contributed by atoms with Gasteiger partial charge in [0, 0.05) is 39.7 Å². The van der Waals surface area contributed by atoms with Crippen molar-refractivity contribution >= 4 is 33.1 Å². The summed E-state index contributed by atoms with van der Waals surface area (Å²) in [7, 11) is 3.19. The molecule has 1 aliphatic heterocycles. The molecule has 2 heterocycles. The second kappa shape index (κ2) is 13.3. The maximum Gasteiger partial charge on any atom is 0.227 e. The number of hydrogen-bond donors (Lipinski definition) is 2. The van der Waals surface area contributed by atoms with Gasteiger partial charge in [0.25, 0.3) is 0 Å². The number of amides is 1. The molecule has 2 bridgehead atoms. The number of carbonyl (C=O) groups is 2. The predicted molar refractivity (Wildman–Crippen MR) is 214 cm³/mol. The Bertz CT molecular complexity index is 2050. The van der Waals surface area contributed by atoms with E-state index < -0.39 is 27.9 Å². The fraction of sp³-hybridized carbons (Fsp3) is 0.565. The van der Waals surface area contributed by atoms with Crippen LogP contribution in [0.3, 0.4) is 0 Å². The highest BCUT2D eigenvalue weighted by atomic mass is 32.1. The molecule has 2 N–H and O–H groups in total. The molecule has 3 saturated carbocycles. The van der Waals surface area contributed by atoms with Gasteiger partial charge in [-0.15, -0.1) is 11.3 Å². The van der Waals surface area contributed by atoms with Gasteiger partial charge in [-0.3, -0.25) is 9.59 Å². The van der Waals surface area contributed by atoms with Crippen LogP contribution in [0.1, 0.15) is 86.9 Å². The summed E-state index contributed by atoms with van der Waals surface area (Å²) in [4.78, 5) is 32.2. The number of benzene rings is 2. The van der Waals surface area contributed by atoms with Crippen LogP contribution in [0.5, 0.6) is 11.5 Å². The largest absolute Gasteiger partial charge is 0.493 e. The van der Waals surface area contributed by atoms with Crippen molar-refractivity contribution in [2.45, 2.75) is 95.9 Å². The van der Waals surface area contributed by atoms with Crippen molar-refractivity contribution in [2.24, 2.45) is 33.5 Å². The van der Waals surface area contributed by atoms with Crippen LogP contribution in [0, 0.1) is 33.5 Å². The molecule has 8 nitrogen and oxygen atoms in total. The van der Waals surface area contributed by atoms with Crippen LogP contribution in [0.4, 0.5) is 0 Å². The summed E-state index contributed by atoms with van der Waals surface area (Å²) in [5.41, 5.74) is -1.12. The predicted octanol–water partition coefficient (Wildman–Crippen LogP) is 7.94. The molecule has 1 amide bonds. The van der Waals surface area contributed by atoms with Crippen LogP contribution < -0.4 is 9.47 Å². The van der Waals surface area contributed by atoms with Gasteiger partial charge in [0.1, 0.15) is 0 Å². The van der Waals surface area contributed by atoms with Gasteiger partial charge in [-0.05, 0) is 110 Å². The molecule has 292 valence electrons. The quantitative estimate of drug-likeness (QED) is 0.160. The molecule has 1 aromatic heterocycles. The summed E-state index contributed by atoms with van der Waals surface area (Å²) in [5, 5.41) is 25.4.